The van der Waals surface area contributed by atoms with Gasteiger partial charge in [-0.2, -0.15) is 5.10 Å². The van der Waals surface area contributed by atoms with Crippen molar-refractivity contribution in [2.45, 2.75) is 20.3 Å². The van der Waals surface area contributed by atoms with Crippen molar-refractivity contribution in [3.63, 3.8) is 0 Å². The molecule has 0 saturated heterocycles. The zero-order valence-electron chi connectivity index (χ0n) is 11.6. The number of carbonyl (C=O) groups is 2. The Labute approximate surface area is 120 Å². The van der Waals surface area contributed by atoms with Crippen LogP contribution in [0.15, 0.2) is 18.2 Å². The van der Waals surface area contributed by atoms with Crippen LogP contribution in [0.1, 0.15) is 27.3 Å². The first kappa shape index (κ1) is 14.6. The number of aromatic carboxylic acids is 1. The summed E-state index contributed by atoms with van der Waals surface area (Å²) in [7, 11) is 0. The molecule has 0 radical (unpaired) electrons. The number of aryl methyl sites for hydroxylation is 2. The van der Waals surface area contributed by atoms with E-state index in [2.05, 4.69) is 15.5 Å². The molecule has 1 aromatic heterocycles. The number of amides is 1. The number of aromatic nitrogens is 2. The monoisotopic (exact) mass is 289 g/mol. The summed E-state index contributed by atoms with van der Waals surface area (Å²) in [6, 6.07) is 3.70. The number of H-pyrrole nitrogens is 1. The molecule has 0 atom stereocenters. The average molecular weight is 289 g/mol. The van der Waals surface area contributed by atoms with E-state index >= 15 is 0 Å². The minimum atomic E-state index is -1.13. The Kier molecular flexibility index (Phi) is 3.93. The first-order chi connectivity index (χ1) is 9.88. The van der Waals surface area contributed by atoms with E-state index in [0.717, 1.165) is 17.0 Å². The maximum absolute atomic E-state index is 12.0. The van der Waals surface area contributed by atoms with Gasteiger partial charge in [0.2, 0.25) is 5.91 Å². The molecule has 0 aliphatic carbocycles. The molecule has 1 amide bonds. The maximum atomic E-state index is 12.0. The molecule has 0 aliphatic heterocycles. The molecule has 21 heavy (non-hydrogen) atoms. The molecule has 0 fully saturated rings. The van der Waals surface area contributed by atoms with Crippen molar-refractivity contribution in [2.24, 2.45) is 0 Å². The molecule has 110 valence electrons. The molecule has 7 nitrogen and oxygen atoms in total. The summed E-state index contributed by atoms with van der Waals surface area (Å²) in [6.07, 6.45) is 0.0882. The van der Waals surface area contributed by atoms with Gasteiger partial charge in [0.25, 0.3) is 0 Å². The van der Waals surface area contributed by atoms with Gasteiger partial charge in [0.05, 0.1) is 23.4 Å². The Morgan fingerprint density at radius 2 is 2.05 bits per heavy atom. The number of anilines is 1. The van der Waals surface area contributed by atoms with E-state index in [-0.39, 0.29) is 29.3 Å². The van der Waals surface area contributed by atoms with Crippen LogP contribution in [0.3, 0.4) is 0 Å². The van der Waals surface area contributed by atoms with Crippen LogP contribution in [-0.4, -0.2) is 32.3 Å². The largest absolute Gasteiger partial charge is 0.506 e. The minimum absolute atomic E-state index is 0.0150. The molecule has 0 unspecified atom stereocenters. The summed E-state index contributed by atoms with van der Waals surface area (Å²) >= 11 is 0. The van der Waals surface area contributed by atoms with E-state index in [0.29, 0.717) is 0 Å². The smallest absolute Gasteiger partial charge is 0.335 e. The highest BCUT2D eigenvalue weighted by Gasteiger charge is 2.14. The van der Waals surface area contributed by atoms with Crippen LogP contribution < -0.4 is 5.32 Å². The van der Waals surface area contributed by atoms with Gasteiger partial charge in [0, 0.05) is 11.3 Å². The minimum Gasteiger partial charge on any atom is -0.506 e. The van der Waals surface area contributed by atoms with Gasteiger partial charge in [0.1, 0.15) is 5.75 Å². The van der Waals surface area contributed by atoms with Gasteiger partial charge in [-0.15, -0.1) is 0 Å². The van der Waals surface area contributed by atoms with Gasteiger partial charge in [-0.1, -0.05) is 0 Å². The van der Waals surface area contributed by atoms with Crippen LogP contribution in [0, 0.1) is 13.8 Å². The van der Waals surface area contributed by atoms with Gasteiger partial charge in [-0.25, -0.2) is 4.79 Å². The van der Waals surface area contributed by atoms with Gasteiger partial charge in [-0.3, -0.25) is 9.89 Å². The summed E-state index contributed by atoms with van der Waals surface area (Å²) in [5.41, 5.74) is 2.36. The number of aromatic amines is 1. The first-order valence-electron chi connectivity index (χ1n) is 6.25. The van der Waals surface area contributed by atoms with Crippen molar-refractivity contribution in [1.82, 2.24) is 10.2 Å². The second-order valence-electron chi connectivity index (χ2n) is 4.67. The number of nitrogens with zero attached hydrogens (tertiary/aromatic N) is 1. The zero-order chi connectivity index (χ0) is 15.6. The van der Waals surface area contributed by atoms with Crippen molar-refractivity contribution in [1.29, 1.82) is 0 Å². The fourth-order valence-electron chi connectivity index (χ4n) is 1.96. The number of nitrogens with one attached hydrogen (secondary N) is 2. The SMILES string of the molecule is Cc1n[nH]c(C)c1CC(=O)Nc1cc(C(=O)O)ccc1O. The van der Waals surface area contributed by atoms with Crippen molar-refractivity contribution in [3.8, 4) is 5.75 Å². The predicted molar refractivity (Wildman–Crippen MR) is 75.5 cm³/mol. The molecule has 1 heterocycles. The molecule has 0 saturated carbocycles. The maximum Gasteiger partial charge on any atom is 0.335 e. The Morgan fingerprint density at radius 1 is 1.33 bits per heavy atom. The number of phenolic OH excluding ortho intramolecular Hbond substituents is 1. The second-order valence-corrected chi connectivity index (χ2v) is 4.67. The number of hydrogen-bond acceptors (Lipinski definition) is 4. The lowest BCUT2D eigenvalue weighted by Crippen LogP contribution is -2.15. The zero-order valence-corrected chi connectivity index (χ0v) is 11.6. The Balaban J connectivity index is 2.16. The molecule has 2 aromatic rings. The van der Waals surface area contributed by atoms with E-state index < -0.39 is 5.97 Å². The summed E-state index contributed by atoms with van der Waals surface area (Å²) in [6.45, 7) is 3.60. The lowest BCUT2D eigenvalue weighted by Gasteiger charge is -2.08. The first-order valence-corrected chi connectivity index (χ1v) is 6.25. The van der Waals surface area contributed by atoms with Gasteiger partial charge in [0.15, 0.2) is 0 Å². The quantitative estimate of drug-likeness (QED) is 0.638. The molecule has 0 bridgehead atoms. The standard InChI is InChI=1S/C14H15N3O4/c1-7-10(8(2)17-16-7)6-13(19)15-11-5-9(14(20)21)3-4-12(11)18/h3-5,18H,6H2,1-2H3,(H,15,19)(H,16,17)(H,20,21). The molecule has 2 rings (SSSR count). The highest BCUT2D eigenvalue weighted by Crippen LogP contribution is 2.24. The fraction of sp³-hybridized carbons (Fsp3) is 0.214. The molecule has 0 spiro atoms. The van der Waals surface area contributed by atoms with E-state index in [4.69, 9.17) is 5.11 Å². The van der Waals surface area contributed by atoms with Crippen molar-refractivity contribution < 1.29 is 19.8 Å². The lowest BCUT2D eigenvalue weighted by atomic mass is 10.1. The van der Waals surface area contributed by atoms with Gasteiger partial charge >= 0.3 is 5.97 Å². The van der Waals surface area contributed by atoms with Crippen LogP contribution >= 0.6 is 0 Å². The Morgan fingerprint density at radius 3 is 2.62 bits per heavy atom. The molecule has 0 aliphatic rings. The van der Waals surface area contributed by atoms with Gasteiger partial charge in [-0.05, 0) is 32.0 Å². The van der Waals surface area contributed by atoms with Crippen LogP contribution in [0.25, 0.3) is 0 Å². The molecule has 7 heteroatoms. The van der Waals surface area contributed by atoms with E-state index in [1.807, 2.05) is 6.92 Å². The van der Waals surface area contributed by atoms with Crippen LogP contribution in [0.2, 0.25) is 0 Å². The van der Waals surface area contributed by atoms with Crippen LogP contribution in [-0.2, 0) is 11.2 Å². The average Bonchev–Trinajstić information content (AvgIpc) is 2.73. The van der Waals surface area contributed by atoms with Crippen LogP contribution in [0.4, 0.5) is 5.69 Å². The van der Waals surface area contributed by atoms with E-state index in [1.165, 1.54) is 18.2 Å². The molecular formula is C14H15N3O4. The molecule has 1 aromatic carbocycles. The number of hydrogen-bond donors (Lipinski definition) is 4. The number of aromatic hydroxyl groups is 1. The number of carboxylic acids is 1. The molecule has 4 N–H and O–H groups in total. The summed E-state index contributed by atoms with van der Waals surface area (Å²) in [5, 5.41) is 27.9. The predicted octanol–water partition coefficient (Wildman–Crippen LogP) is 1.61. The Bertz CT molecular complexity index is 687. The number of phenols is 1. The third-order valence-electron chi connectivity index (χ3n) is 3.14. The van der Waals surface area contributed by atoms with Crippen LogP contribution in [0.5, 0.6) is 5.75 Å². The summed E-state index contributed by atoms with van der Waals surface area (Å²) in [4.78, 5) is 22.9. The number of benzene rings is 1. The topological polar surface area (TPSA) is 115 Å². The second kappa shape index (κ2) is 5.66. The van der Waals surface area contributed by atoms with E-state index in [9.17, 15) is 14.7 Å². The Hall–Kier alpha value is -2.83. The highest BCUT2D eigenvalue weighted by atomic mass is 16.4. The molecular weight excluding hydrogens is 274 g/mol. The number of carbonyl (C=O) groups excluding carboxylic acids is 1. The summed E-state index contributed by atoms with van der Waals surface area (Å²) < 4.78 is 0. The third-order valence-corrected chi connectivity index (χ3v) is 3.14. The van der Waals surface area contributed by atoms with Crippen molar-refractivity contribution >= 4 is 17.6 Å². The fourth-order valence-corrected chi connectivity index (χ4v) is 1.96. The number of carboxylic acid groups (broad SMARTS) is 1. The normalized spacial score (nSPS) is 10.4. The number of rotatable bonds is 4. The highest BCUT2D eigenvalue weighted by molar-refractivity contribution is 5.96. The van der Waals surface area contributed by atoms with Gasteiger partial charge < -0.3 is 15.5 Å². The van der Waals surface area contributed by atoms with Crippen molar-refractivity contribution in [3.05, 3.63) is 40.7 Å². The van der Waals surface area contributed by atoms with E-state index in [1.54, 1.807) is 6.92 Å². The van der Waals surface area contributed by atoms with Crippen molar-refractivity contribution in [2.75, 3.05) is 5.32 Å². The third kappa shape index (κ3) is 3.19. The lowest BCUT2D eigenvalue weighted by molar-refractivity contribution is -0.115. The summed E-state index contributed by atoms with van der Waals surface area (Å²) in [5.74, 6) is -1.68.